The first-order chi connectivity index (χ1) is 7.75. The smallest absolute Gasteiger partial charge is 0.220 e. The molecule has 2 aliphatic heterocycles. The highest BCUT2D eigenvalue weighted by Gasteiger charge is 2.23. The molecule has 0 unspecified atom stereocenters. The predicted octanol–water partition coefficient (Wildman–Crippen LogP) is 0.279. The van der Waals surface area contributed by atoms with Gasteiger partial charge in [-0.15, -0.1) is 0 Å². The Hall–Kier alpha value is -0.610. The highest BCUT2D eigenvalue weighted by molar-refractivity contribution is 5.76. The summed E-state index contributed by atoms with van der Waals surface area (Å²) in [6.45, 7) is 6.99. The highest BCUT2D eigenvalue weighted by atomic mass is 16.1. The molecule has 2 heterocycles. The van der Waals surface area contributed by atoms with Crippen LogP contribution in [0.3, 0.4) is 0 Å². The van der Waals surface area contributed by atoms with E-state index in [0.717, 1.165) is 32.5 Å². The molecule has 4 heteroatoms. The van der Waals surface area contributed by atoms with Crippen LogP contribution in [0.4, 0.5) is 0 Å². The lowest BCUT2D eigenvalue weighted by Gasteiger charge is -2.31. The fraction of sp³-hybridized carbons (Fsp3) is 0.917. The molecule has 2 N–H and O–H groups in total. The molecule has 0 atom stereocenters. The fourth-order valence-corrected chi connectivity index (χ4v) is 2.73. The molecule has 92 valence electrons. The van der Waals surface area contributed by atoms with Gasteiger partial charge in [0.1, 0.15) is 0 Å². The molecule has 0 saturated carbocycles. The molecular formula is C12H23N3O. The van der Waals surface area contributed by atoms with Gasteiger partial charge in [0, 0.05) is 19.0 Å². The van der Waals surface area contributed by atoms with E-state index in [1.54, 1.807) is 0 Å². The first-order valence-electron chi connectivity index (χ1n) is 6.50. The maximum atomic E-state index is 11.0. The summed E-state index contributed by atoms with van der Waals surface area (Å²) in [5.41, 5.74) is 5.32. The van der Waals surface area contributed by atoms with Gasteiger partial charge in [-0.2, -0.15) is 0 Å². The zero-order valence-electron chi connectivity index (χ0n) is 10.0. The Bertz CT molecular complexity index is 230. The number of nitrogens with two attached hydrogens (primary N) is 1. The van der Waals surface area contributed by atoms with E-state index in [0.29, 0.717) is 0 Å². The van der Waals surface area contributed by atoms with E-state index in [9.17, 15) is 4.79 Å². The van der Waals surface area contributed by atoms with Crippen LogP contribution in [0, 0.1) is 5.92 Å². The summed E-state index contributed by atoms with van der Waals surface area (Å²) in [5.74, 6) is 0.0160. The number of likely N-dealkylation sites (tertiary alicyclic amines) is 2. The van der Waals surface area contributed by atoms with Gasteiger partial charge in [-0.25, -0.2) is 0 Å². The van der Waals surface area contributed by atoms with Crippen LogP contribution >= 0.6 is 0 Å². The van der Waals surface area contributed by atoms with Gasteiger partial charge in [0.05, 0.1) is 0 Å². The second-order valence-corrected chi connectivity index (χ2v) is 5.07. The van der Waals surface area contributed by atoms with Crippen molar-refractivity contribution < 1.29 is 4.79 Å². The Morgan fingerprint density at radius 2 is 1.50 bits per heavy atom. The van der Waals surface area contributed by atoms with Crippen LogP contribution in [-0.2, 0) is 4.79 Å². The number of nitrogens with zero attached hydrogens (tertiary/aromatic N) is 2. The Morgan fingerprint density at radius 3 is 2.00 bits per heavy atom. The van der Waals surface area contributed by atoms with Crippen molar-refractivity contribution in [2.75, 3.05) is 39.3 Å². The summed E-state index contributed by atoms with van der Waals surface area (Å²) in [5, 5.41) is 0. The molecule has 2 saturated heterocycles. The Morgan fingerprint density at radius 1 is 1.00 bits per heavy atom. The zero-order valence-corrected chi connectivity index (χ0v) is 10.0. The van der Waals surface area contributed by atoms with E-state index >= 15 is 0 Å². The number of hydrogen-bond donors (Lipinski definition) is 1. The summed E-state index contributed by atoms with van der Waals surface area (Å²) in [4.78, 5) is 16.0. The largest absolute Gasteiger partial charge is 0.369 e. The molecule has 1 amide bonds. The van der Waals surface area contributed by atoms with E-state index in [-0.39, 0.29) is 11.8 Å². The summed E-state index contributed by atoms with van der Waals surface area (Å²) >= 11 is 0. The van der Waals surface area contributed by atoms with Crippen LogP contribution in [0.25, 0.3) is 0 Å². The van der Waals surface area contributed by atoms with E-state index in [2.05, 4.69) is 9.80 Å². The molecular weight excluding hydrogens is 202 g/mol. The van der Waals surface area contributed by atoms with Crippen LogP contribution < -0.4 is 5.73 Å². The lowest BCUT2D eigenvalue weighted by Crippen LogP contribution is -2.41. The van der Waals surface area contributed by atoms with Crippen LogP contribution in [0.5, 0.6) is 0 Å². The van der Waals surface area contributed by atoms with E-state index < -0.39 is 0 Å². The van der Waals surface area contributed by atoms with E-state index in [4.69, 9.17) is 5.73 Å². The van der Waals surface area contributed by atoms with Gasteiger partial charge in [-0.1, -0.05) is 0 Å². The lowest BCUT2D eigenvalue weighted by atomic mass is 9.96. The van der Waals surface area contributed by atoms with Gasteiger partial charge in [0.25, 0.3) is 0 Å². The van der Waals surface area contributed by atoms with Crippen molar-refractivity contribution >= 4 is 5.91 Å². The SMILES string of the molecule is NC(=O)C1CCN(CCN2CCCC2)CC1. The van der Waals surface area contributed by atoms with Crippen molar-refractivity contribution in [2.24, 2.45) is 11.7 Å². The maximum Gasteiger partial charge on any atom is 0.220 e. The first-order valence-corrected chi connectivity index (χ1v) is 6.50. The molecule has 0 spiro atoms. The minimum atomic E-state index is -0.112. The Balaban J connectivity index is 1.63. The van der Waals surface area contributed by atoms with Gasteiger partial charge < -0.3 is 15.5 Å². The standard InChI is InChI=1S/C12H23N3O/c13-12(16)11-3-7-15(8-4-11)10-9-14-5-1-2-6-14/h11H,1-10H2,(H2,13,16). The van der Waals surface area contributed by atoms with Crippen LogP contribution in [0.1, 0.15) is 25.7 Å². The average Bonchev–Trinajstić information content (AvgIpc) is 2.80. The third-order valence-electron chi connectivity index (χ3n) is 3.92. The number of carbonyl (C=O) groups is 1. The first kappa shape index (κ1) is 11.9. The summed E-state index contributed by atoms with van der Waals surface area (Å²) in [7, 11) is 0. The van der Waals surface area contributed by atoms with Crippen LogP contribution in [0.2, 0.25) is 0 Å². The third-order valence-corrected chi connectivity index (χ3v) is 3.92. The van der Waals surface area contributed by atoms with Gasteiger partial charge in [-0.3, -0.25) is 4.79 Å². The minimum absolute atomic E-state index is 0.112. The molecule has 2 rings (SSSR count). The van der Waals surface area contributed by atoms with Crippen LogP contribution in [0.15, 0.2) is 0 Å². The number of amides is 1. The Labute approximate surface area is 97.8 Å². The van der Waals surface area contributed by atoms with Crippen molar-refractivity contribution in [3.8, 4) is 0 Å². The monoisotopic (exact) mass is 225 g/mol. The topological polar surface area (TPSA) is 49.6 Å². The van der Waals surface area contributed by atoms with E-state index in [1.165, 1.54) is 32.5 Å². The van der Waals surface area contributed by atoms with Gasteiger partial charge in [0.2, 0.25) is 5.91 Å². The summed E-state index contributed by atoms with van der Waals surface area (Å²) in [6.07, 6.45) is 4.64. The van der Waals surface area contributed by atoms with Crippen molar-refractivity contribution in [1.82, 2.24) is 9.80 Å². The predicted molar refractivity (Wildman–Crippen MR) is 64.0 cm³/mol. The van der Waals surface area contributed by atoms with Gasteiger partial charge in [0.15, 0.2) is 0 Å². The number of primary amides is 1. The minimum Gasteiger partial charge on any atom is -0.369 e. The molecule has 2 aliphatic rings. The average molecular weight is 225 g/mol. The summed E-state index contributed by atoms with van der Waals surface area (Å²) in [6, 6.07) is 0. The van der Waals surface area contributed by atoms with Crippen molar-refractivity contribution in [1.29, 1.82) is 0 Å². The van der Waals surface area contributed by atoms with Gasteiger partial charge in [-0.05, 0) is 51.9 Å². The van der Waals surface area contributed by atoms with Crippen LogP contribution in [-0.4, -0.2) is 55.0 Å². The molecule has 2 fully saturated rings. The molecule has 0 aromatic rings. The molecule has 16 heavy (non-hydrogen) atoms. The second-order valence-electron chi connectivity index (χ2n) is 5.07. The number of hydrogen-bond acceptors (Lipinski definition) is 3. The molecule has 0 aromatic heterocycles. The van der Waals surface area contributed by atoms with E-state index in [1.807, 2.05) is 0 Å². The molecule has 0 radical (unpaired) electrons. The molecule has 0 aliphatic carbocycles. The third kappa shape index (κ3) is 3.19. The fourth-order valence-electron chi connectivity index (χ4n) is 2.73. The maximum absolute atomic E-state index is 11.0. The molecule has 0 aromatic carbocycles. The number of rotatable bonds is 4. The number of carbonyl (C=O) groups excluding carboxylic acids is 1. The zero-order chi connectivity index (χ0) is 11.4. The normalized spacial score (nSPS) is 25.0. The highest BCUT2D eigenvalue weighted by Crippen LogP contribution is 2.16. The molecule has 0 bridgehead atoms. The van der Waals surface area contributed by atoms with Crippen molar-refractivity contribution in [2.45, 2.75) is 25.7 Å². The second kappa shape index (κ2) is 5.64. The lowest BCUT2D eigenvalue weighted by molar-refractivity contribution is -0.123. The van der Waals surface area contributed by atoms with Gasteiger partial charge >= 0.3 is 0 Å². The molecule has 4 nitrogen and oxygen atoms in total. The number of piperidine rings is 1. The van der Waals surface area contributed by atoms with Crippen molar-refractivity contribution in [3.05, 3.63) is 0 Å². The quantitative estimate of drug-likeness (QED) is 0.747. The Kier molecular flexibility index (Phi) is 4.18. The summed E-state index contributed by atoms with van der Waals surface area (Å²) < 4.78 is 0. The van der Waals surface area contributed by atoms with Crippen molar-refractivity contribution in [3.63, 3.8) is 0 Å².